The summed E-state index contributed by atoms with van der Waals surface area (Å²) in [6.45, 7) is 13.6. The summed E-state index contributed by atoms with van der Waals surface area (Å²) in [5.41, 5.74) is 0.155. The van der Waals surface area contributed by atoms with Crippen LogP contribution in [0.25, 0.3) is 0 Å². The van der Waals surface area contributed by atoms with E-state index < -0.39 is 0 Å². The maximum absolute atomic E-state index is 12.9. The Morgan fingerprint density at radius 2 is 1.65 bits per heavy atom. The Morgan fingerprint density at radius 1 is 0.973 bits per heavy atom. The molecule has 5 rings (SSSR count). The molecular weight excluding hydrogens is 462 g/mol. The Labute approximate surface area is 225 Å². The first kappa shape index (κ1) is 27.9. The SMILES string of the molecule is C[C@H](CCC(=O)OC(C)(C)C1CCNCC1)[C@H]1CC[C@H]2[C@@H]3C(O)C[C@@H]4CC(O)CC[C@]4(C)[C@H]3CC[C@]12C. The average Bonchev–Trinajstić information content (AvgIpc) is 3.21. The van der Waals surface area contributed by atoms with Crippen LogP contribution in [0.2, 0.25) is 0 Å². The van der Waals surface area contributed by atoms with E-state index in [-0.39, 0.29) is 34.6 Å². The number of piperidine rings is 1. The molecule has 5 heteroatoms. The molecule has 1 aliphatic heterocycles. The largest absolute Gasteiger partial charge is 0.459 e. The molecule has 0 radical (unpaired) electrons. The molecule has 1 heterocycles. The molecule has 5 fully saturated rings. The Kier molecular flexibility index (Phi) is 7.84. The van der Waals surface area contributed by atoms with E-state index in [2.05, 4.69) is 39.9 Å². The Morgan fingerprint density at radius 3 is 2.38 bits per heavy atom. The zero-order valence-electron chi connectivity index (χ0n) is 24.3. The minimum atomic E-state index is -0.383. The van der Waals surface area contributed by atoms with Crippen LogP contribution in [0, 0.1) is 52.3 Å². The molecule has 4 saturated carbocycles. The van der Waals surface area contributed by atoms with Gasteiger partial charge in [-0.2, -0.15) is 0 Å². The van der Waals surface area contributed by atoms with Crippen LogP contribution in [0.4, 0.5) is 0 Å². The lowest BCUT2D eigenvalue weighted by molar-refractivity contribution is -0.174. The minimum Gasteiger partial charge on any atom is -0.459 e. The van der Waals surface area contributed by atoms with Crippen molar-refractivity contribution in [1.29, 1.82) is 0 Å². The first-order valence-electron chi connectivity index (χ1n) is 15.7. The van der Waals surface area contributed by atoms with Gasteiger partial charge in [-0.05, 0) is 144 Å². The Hall–Kier alpha value is -0.650. The molecule has 10 atom stereocenters. The van der Waals surface area contributed by atoms with Crippen LogP contribution in [0.1, 0.15) is 112 Å². The van der Waals surface area contributed by atoms with Crippen LogP contribution in [0.5, 0.6) is 0 Å². The highest BCUT2D eigenvalue weighted by atomic mass is 16.6. The van der Waals surface area contributed by atoms with E-state index in [4.69, 9.17) is 4.74 Å². The maximum atomic E-state index is 12.9. The molecule has 0 bridgehead atoms. The third-order valence-electron chi connectivity index (χ3n) is 12.9. The lowest BCUT2D eigenvalue weighted by Crippen LogP contribution is -2.58. The summed E-state index contributed by atoms with van der Waals surface area (Å²) in [5.74, 6) is 3.58. The molecule has 0 aromatic carbocycles. The highest BCUT2D eigenvalue weighted by Crippen LogP contribution is 2.68. The molecule has 0 aromatic heterocycles. The number of rotatable bonds is 6. The van der Waals surface area contributed by atoms with Crippen molar-refractivity contribution >= 4 is 5.97 Å². The van der Waals surface area contributed by atoms with E-state index >= 15 is 0 Å². The lowest BCUT2D eigenvalue weighted by atomic mass is 9.43. The molecule has 212 valence electrons. The van der Waals surface area contributed by atoms with Crippen LogP contribution in [0.3, 0.4) is 0 Å². The number of fused-ring (bicyclic) bond motifs is 5. The van der Waals surface area contributed by atoms with E-state index in [0.717, 1.165) is 58.0 Å². The van der Waals surface area contributed by atoms with Crippen molar-refractivity contribution in [3.8, 4) is 0 Å². The molecule has 0 spiro atoms. The fourth-order valence-electron chi connectivity index (χ4n) is 10.7. The molecule has 4 aliphatic carbocycles. The summed E-state index contributed by atoms with van der Waals surface area (Å²) in [6, 6.07) is 0. The third kappa shape index (κ3) is 5.04. The lowest BCUT2D eigenvalue weighted by Gasteiger charge is -2.62. The number of nitrogens with one attached hydrogen (secondary N) is 1. The van der Waals surface area contributed by atoms with Gasteiger partial charge in [0.05, 0.1) is 12.2 Å². The van der Waals surface area contributed by atoms with Gasteiger partial charge in [-0.1, -0.05) is 20.8 Å². The van der Waals surface area contributed by atoms with Gasteiger partial charge in [-0.3, -0.25) is 4.79 Å². The fourth-order valence-corrected chi connectivity index (χ4v) is 10.7. The van der Waals surface area contributed by atoms with Gasteiger partial charge in [-0.15, -0.1) is 0 Å². The monoisotopic (exact) mass is 517 g/mol. The van der Waals surface area contributed by atoms with Gasteiger partial charge >= 0.3 is 5.97 Å². The zero-order valence-corrected chi connectivity index (χ0v) is 24.3. The van der Waals surface area contributed by atoms with Crippen molar-refractivity contribution in [2.24, 2.45) is 52.3 Å². The molecule has 3 N–H and O–H groups in total. The van der Waals surface area contributed by atoms with E-state index in [1.54, 1.807) is 0 Å². The first-order chi connectivity index (χ1) is 17.5. The summed E-state index contributed by atoms with van der Waals surface area (Å²) in [5, 5.41) is 25.2. The Balaban J connectivity index is 1.20. The fraction of sp³-hybridized carbons (Fsp3) is 0.969. The van der Waals surface area contributed by atoms with E-state index in [1.807, 2.05) is 0 Å². The molecule has 37 heavy (non-hydrogen) atoms. The van der Waals surface area contributed by atoms with Crippen molar-refractivity contribution < 1.29 is 19.7 Å². The standard InChI is InChI=1S/C32H55NO4/c1-20(6-9-28(36)37-30(2,3)21-12-16-33-17-13-21)24-7-8-25-29-26(11-15-32(24,25)5)31(4)14-10-23(34)18-22(31)19-27(29)35/h20-27,29,33-35H,6-19H2,1-5H3/t20-,22+,23?,24-,25+,26+,27?,29+,31+,32-/m1/s1. The smallest absolute Gasteiger partial charge is 0.306 e. The summed E-state index contributed by atoms with van der Waals surface area (Å²) >= 11 is 0. The first-order valence-corrected chi connectivity index (χ1v) is 15.7. The number of esters is 1. The third-order valence-corrected chi connectivity index (χ3v) is 12.9. The second-order valence-electron chi connectivity index (χ2n) is 15.1. The molecule has 0 aromatic rings. The van der Waals surface area contributed by atoms with Gasteiger partial charge in [0.25, 0.3) is 0 Å². The van der Waals surface area contributed by atoms with Crippen LogP contribution in [0.15, 0.2) is 0 Å². The quantitative estimate of drug-likeness (QED) is 0.393. The van der Waals surface area contributed by atoms with Gasteiger partial charge in [-0.25, -0.2) is 0 Å². The van der Waals surface area contributed by atoms with Crippen LogP contribution in [-0.4, -0.2) is 47.1 Å². The number of aliphatic hydroxyl groups excluding tert-OH is 2. The van der Waals surface area contributed by atoms with E-state index in [1.165, 1.54) is 25.7 Å². The number of carbonyl (C=O) groups excluding carboxylic acids is 1. The number of ether oxygens (including phenoxy) is 1. The molecular formula is C32H55NO4. The summed E-state index contributed by atoms with van der Waals surface area (Å²) < 4.78 is 6.06. The zero-order chi connectivity index (χ0) is 26.6. The second-order valence-corrected chi connectivity index (χ2v) is 15.1. The highest BCUT2D eigenvalue weighted by Gasteiger charge is 2.62. The van der Waals surface area contributed by atoms with Crippen molar-refractivity contribution in [2.75, 3.05) is 13.1 Å². The van der Waals surface area contributed by atoms with Crippen LogP contribution in [-0.2, 0) is 9.53 Å². The second kappa shape index (κ2) is 10.4. The topological polar surface area (TPSA) is 78.8 Å². The maximum Gasteiger partial charge on any atom is 0.306 e. The van der Waals surface area contributed by atoms with Gasteiger partial charge in [0.2, 0.25) is 0 Å². The van der Waals surface area contributed by atoms with Crippen LogP contribution < -0.4 is 5.32 Å². The van der Waals surface area contributed by atoms with E-state index in [9.17, 15) is 15.0 Å². The van der Waals surface area contributed by atoms with Gasteiger partial charge in [0.15, 0.2) is 0 Å². The summed E-state index contributed by atoms with van der Waals surface area (Å²) in [7, 11) is 0. The van der Waals surface area contributed by atoms with Crippen molar-refractivity contribution in [3.63, 3.8) is 0 Å². The normalized spacial score (nSPS) is 45.4. The minimum absolute atomic E-state index is 0.0278. The predicted octanol–water partition coefficient (Wildman–Crippen LogP) is 5.71. The van der Waals surface area contributed by atoms with Crippen molar-refractivity contribution in [1.82, 2.24) is 5.32 Å². The summed E-state index contributed by atoms with van der Waals surface area (Å²) in [6.07, 6.45) is 11.9. The Bertz CT molecular complexity index is 824. The molecule has 1 saturated heterocycles. The number of hydrogen-bond donors (Lipinski definition) is 3. The number of carbonyl (C=O) groups is 1. The molecule has 0 amide bonds. The highest BCUT2D eigenvalue weighted by molar-refractivity contribution is 5.69. The van der Waals surface area contributed by atoms with Crippen LogP contribution >= 0.6 is 0 Å². The van der Waals surface area contributed by atoms with Crippen molar-refractivity contribution in [3.05, 3.63) is 0 Å². The molecule has 2 unspecified atom stereocenters. The number of hydrogen-bond acceptors (Lipinski definition) is 5. The van der Waals surface area contributed by atoms with Gasteiger partial charge in [0, 0.05) is 12.3 Å². The van der Waals surface area contributed by atoms with Gasteiger partial charge < -0.3 is 20.3 Å². The molecule has 5 aliphatic rings. The van der Waals surface area contributed by atoms with Crippen molar-refractivity contribution in [2.45, 2.75) is 129 Å². The molecule has 5 nitrogen and oxygen atoms in total. The van der Waals surface area contributed by atoms with E-state index in [0.29, 0.717) is 47.8 Å². The summed E-state index contributed by atoms with van der Waals surface area (Å²) in [4.78, 5) is 12.9. The van der Waals surface area contributed by atoms with Gasteiger partial charge in [0.1, 0.15) is 5.60 Å². The predicted molar refractivity (Wildman–Crippen MR) is 147 cm³/mol. The number of aliphatic hydroxyl groups is 2. The average molecular weight is 518 g/mol.